The van der Waals surface area contributed by atoms with E-state index in [0.29, 0.717) is 40.6 Å². The summed E-state index contributed by atoms with van der Waals surface area (Å²) in [6.45, 7) is 0. The fraction of sp³-hybridized carbons (Fsp3) is 0.267. The van der Waals surface area contributed by atoms with Gasteiger partial charge in [-0.25, -0.2) is 4.90 Å². The van der Waals surface area contributed by atoms with Gasteiger partial charge in [0.25, 0.3) is 17.4 Å². The summed E-state index contributed by atoms with van der Waals surface area (Å²) in [6, 6.07) is 4.72. The molecule has 0 unspecified atom stereocenters. The molecule has 1 N–H and O–H groups in total. The molecule has 0 radical (unpaired) electrons. The van der Waals surface area contributed by atoms with Gasteiger partial charge < -0.3 is 4.52 Å². The number of benzene rings is 1. The van der Waals surface area contributed by atoms with Gasteiger partial charge in [-0.05, 0) is 43.9 Å². The minimum absolute atomic E-state index is 0.256. The topological polar surface area (TPSA) is 83.4 Å². The first-order valence-corrected chi connectivity index (χ1v) is 6.89. The Bertz CT molecular complexity index is 843. The van der Waals surface area contributed by atoms with Gasteiger partial charge in [0.15, 0.2) is 5.58 Å². The summed E-state index contributed by atoms with van der Waals surface area (Å²) in [5.41, 5.74) is 1.71. The number of imide groups is 1. The lowest BCUT2D eigenvalue weighted by Gasteiger charge is -2.14. The molecule has 0 bridgehead atoms. The molecule has 2 heterocycles. The standard InChI is InChI=1S/C15H12N2O4/c18-13-11-7-8(5-6-12(11)21-16-13)17-14(19)9-3-1-2-4-10(9)15(17)20/h5-7H,1-4H2,(H,16,18). The van der Waals surface area contributed by atoms with Crippen LogP contribution in [0.3, 0.4) is 0 Å². The van der Waals surface area contributed by atoms with Gasteiger partial charge in [0.05, 0.1) is 11.1 Å². The zero-order chi connectivity index (χ0) is 14.6. The normalized spacial score (nSPS) is 18.8. The smallest absolute Gasteiger partial charge is 0.287 e. The van der Waals surface area contributed by atoms with Crippen LogP contribution in [0.25, 0.3) is 11.0 Å². The Balaban J connectivity index is 1.82. The van der Waals surface area contributed by atoms with Crippen LogP contribution in [0.2, 0.25) is 0 Å². The summed E-state index contributed by atoms with van der Waals surface area (Å²) in [7, 11) is 0. The molecule has 0 saturated carbocycles. The summed E-state index contributed by atoms with van der Waals surface area (Å²) in [6.07, 6.45) is 3.19. The highest BCUT2D eigenvalue weighted by Crippen LogP contribution is 2.36. The number of nitrogens with one attached hydrogen (secondary N) is 1. The Morgan fingerprint density at radius 2 is 1.67 bits per heavy atom. The van der Waals surface area contributed by atoms with Crippen molar-refractivity contribution >= 4 is 28.5 Å². The van der Waals surface area contributed by atoms with Crippen LogP contribution in [0.15, 0.2) is 38.7 Å². The molecule has 0 spiro atoms. The molecule has 1 aliphatic carbocycles. The third-order valence-electron chi connectivity index (χ3n) is 4.11. The Morgan fingerprint density at radius 1 is 1.00 bits per heavy atom. The van der Waals surface area contributed by atoms with Gasteiger partial charge in [0, 0.05) is 11.1 Å². The highest BCUT2D eigenvalue weighted by Gasteiger charge is 2.39. The van der Waals surface area contributed by atoms with E-state index in [9.17, 15) is 14.4 Å². The Labute approximate surface area is 119 Å². The fourth-order valence-corrected chi connectivity index (χ4v) is 3.05. The maximum atomic E-state index is 12.4. The van der Waals surface area contributed by atoms with E-state index in [4.69, 9.17) is 4.52 Å². The molecule has 21 heavy (non-hydrogen) atoms. The molecule has 6 nitrogen and oxygen atoms in total. The fourth-order valence-electron chi connectivity index (χ4n) is 3.05. The van der Waals surface area contributed by atoms with Crippen molar-refractivity contribution in [1.29, 1.82) is 0 Å². The third-order valence-corrected chi connectivity index (χ3v) is 4.11. The van der Waals surface area contributed by atoms with Gasteiger partial charge in [0.1, 0.15) is 0 Å². The van der Waals surface area contributed by atoms with Crippen molar-refractivity contribution in [2.45, 2.75) is 25.7 Å². The lowest BCUT2D eigenvalue weighted by Crippen LogP contribution is -2.31. The maximum Gasteiger partial charge on any atom is 0.287 e. The summed E-state index contributed by atoms with van der Waals surface area (Å²) < 4.78 is 4.98. The quantitative estimate of drug-likeness (QED) is 0.810. The first-order chi connectivity index (χ1) is 10.2. The lowest BCUT2D eigenvalue weighted by molar-refractivity contribution is -0.120. The molecule has 2 aliphatic rings. The van der Waals surface area contributed by atoms with Crippen molar-refractivity contribution in [2.75, 3.05) is 4.90 Å². The zero-order valence-corrected chi connectivity index (χ0v) is 11.1. The molecule has 2 amide bonds. The van der Waals surface area contributed by atoms with Crippen molar-refractivity contribution in [2.24, 2.45) is 0 Å². The van der Waals surface area contributed by atoms with Crippen molar-refractivity contribution < 1.29 is 14.1 Å². The number of rotatable bonds is 1. The first-order valence-electron chi connectivity index (χ1n) is 6.89. The van der Waals surface area contributed by atoms with Crippen molar-refractivity contribution in [3.63, 3.8) is 0 Å². The van der Waals surface area contributed by atoms with E-state index in [2.05, 4.69) is 5.16 Å². The molecule has 106 valence electrons. The molecule has 0 atom stereocenters. The number of amides is 2. The average Bonchev–Trinajstić information content (AvgIpc) is 2.99. The molecule has 2 aromatic rings. The van der Waals surface area contributed by atoms with E-state index < -0.39 is 0 Å². The molecule has 0 fully saturated rings. The number of fused-ring (bicyclic) bond motifs is 1. The molecule has 0 saturated heterocycles. The summed E-state index contributed by atoms with van der Waals surface area (Å²) >= 11 is 0. The third kappa shape index (κ3) is 1.62. The number of hydrogen-bond donors (Lipinski definition) is 1. The summed E-state index contributed by atoms with van der Waals surface area (Å²) in [4.78, 5) is 37.7. The summed E-state index contributed by atoms with van der Waals surface area (Å²) in [5, 5.41) is 2.57. The van der Waals surface area contributed by atoms with Crippen molar-refractivity contribution in [1.82, 2.24) is 5.16 Å². The number of nitrogens with zero attached hydrogens (tertiary/aromatic N) is 1. The Morgan fingerprint density at radius 3 is 2.33 bits per heavy atom. The van der Waals surface area contributed by atoms with Gasteiger partial charge in [-0.15, -0.1) is 0 Å². The molecule has 6 heteroatoms. The van der Waals surface area contributed by atoms with E-state index in [1.165, 1.54) is 11.0 Å². The number of H-pyrrole nitrogens is 1. The molecular formula is C15H12N2O4. The van der Waals surface area contributed by atoms with Gasteiger partial charge in [-0.2, -0.15) is 5.16 Å². The van der Waals surface area contributed by atoms with Crippen LogP contribution < -0.4 is 10.5 Å². The number of hydrogen-bond acceptors (Lipinski definition) is 4. The number of aromatic nitrogens is 1. The second-order valence-corrected chi connectivity index (χ2v) is 5.32. The van der Waals surface area contributed by atoms with E-state index in [0.717, 1.165) is 12.8 Å². The Kier molecular flexibility index (Phi) is 2.42. The van der Waals surface area contributed by atoms with E-state index >= 15 is 0 Å². The van der Waals surface area contributed by atoms with Crippen LogP contribution in [0.1, 0.15) is 25.7 Å². The maximum absolute atomic E-state index is 12.4. The van der Waals surface area contributed by atoms with E-state index in [1.54, 1.807) is 12.1 Å². The van der Waals surface area contributed by atoms with Crippen LogP contribution in [-0.2, 0) is 9.59 Å². The highest BCUT2D eigenvalue weighted by molar-refractivity contribution is 6.33. The Hall–Kier alpha value is -2.63. The second kappa shape index (κ2) is 4.18. The van der Waals surface area contributed by atoms with Gasteiger partial charge in [-0.3, -0.25) is 14.4 Å². The molecular weight excluding hydrogens is 272 g/mol. The lowest BCUT2D eigenvalue weighted by atomic mass is 9.93. The predicted molar refractivity (Wildman–Crippen MR) is 74.8 cm³/mol. The molecule has 1 aliphatic heterocycles. The van der Waals surface area contributed by atoms with Crippen molar-refractivity contribution in [3.8, 4) is 0 Å². The van der Waals surface area contributed by atoms with Crippen LogP contribution in [0, 0.1) is 0 Å². The number of anilines is 1. The van der Waals surface area contributed by atoms with Gasteiger partial charge >= 0.3 is 0 Å². The van der Waals surface area contributed by atoms with E-state index in [1.807, 2.05) is 0 Å². The SMILES string of the molecule is O=C1C2=C(CCCC2)C(=O)N1c1ccc2o[nH]c(=O)c2c1. The predicted octanol–water partition coefficient (Wildman–Crippen LogP) is 1.86. The van der Waals surface area contributed by atoms with Gasteiger partial charge in [0.2, 0.25) is 0 Å². The average molecular weight is 284 g/mol. The minimum Gasteiger partial charge on any atom is -0.378 e. The zero-order valence-electron chi connectivity index (χ0n) is 11.1. The molecule has 1 aromatic carbocycles. The van der Waals surface area contributed by atoms with Crippen LogP contribution in [-0.4, -0.2) is 17.0 Å². The number of carbonyl (C=O) groups is 2. The van der Waals surface area contributed by atoms with Gasteiger partial charge in [-0.1, -0.05) is 0 Å². The number of carbonyl (C=O) groups excluding carboxylic acids is 2. The summed E-state index contributed by atoms with van der Waals surface area (Å²) in [5.74, 6) is -0.511. The first kappa shape index (κ1) is 12.1. The second-order valence-electron chi connectivity index (χ2n) is 5.32. The largest absolute Gasteiger partial charge is 0.378 e. The van der Waals surface area contributed by atoms with E-state index in [-0.39, 0.29) is 17.4 Å². The van der Waals surface area contributed by atoms with Crippen LogP contribution >= 0.6 is 0 Å². The minimum atomic E-state index is -0.372. The number of aromatic amines is 1. The monoisotopic (exact) mass is 284 g/mol. The highest BCUT2D eigenvalue weighted by atomic mass is 16.5. The van der Waals surface area contributed by atoms with Crippen LogP contribution in [0.4, 0.5) is 5.69 Å². The van der Waals surface area contributed by atoms with Crippen molar-refractivity contribution in [3.05, 3.63) is 39.7 Å². The molecule has 1 aromatic heterocycles. The molecule has 4 rings (SSSR count). The van der Waals surface area contributed by atoms with Crippen LogP contribution in [0.5, 0.6) is 0 Å².